The highest BCUT2D eigenvalue weighted by molar-refractivity contribution is 7.77. The molecule has 0 atom stereocenters. The minimum atomic E-state index is 0. The van der Waals surface area contributed by atoms with Crippen LogP contribution in [0.15, 0.2) is 0 Å². The fraction of sp³-hybridized carbons (Fsp3) is 1.00. The molecule has 0 unspecified atom stereocenters. The fourth-order valence-corrected chi connectivity index (χ4v) is 0. The van der Waals surface area contributed by atoms with Crippen LogP contribution < -0.4 is 5.14 Å². The highest BCUT2D eigenvalue weighted by Crippen LogP contribution is 1.52. The third kappa shape index (κ3) is 263. The normalized spacial score (nSPS) is 4.00. The maximum atomic E-state index is 4.54. The van der Waals surface area contributed by atoms with E-state index in [9.17, 15) is 0 Å². The van der Waals surface area contributed by atoms with Crippen LogP contribution in [0, 0.1) is 0 Å². The zero-order chi connectivity index (χ0) is 5.41. The lowest BCUT2D eigenvalue weighted by Gasteiger charge is -1.76. The molecule has 6 heteroatoms. The lowest BCUT2D eigenvalue weighted by molar-refractivity contribution is 0.215. The van der Waals surface area contributed by atoms with Crippen LogP contribution in [0.1, 0.15) is 6.92 Å². The number of ether oxygens (including phenoxy) is 1. The summed E-state index contributed by atoms with van der Waals surface area (Å²) in [5, 5.41) is 4.19. The molecular weight excluding hydrogens is 155 g/mol. The van der Waals surface area contributed by atoms with E-state index >= 15 is 0 Å². The summed E-state index contributed by atoms with van der Waals surface area (Å²) in [6, 6.07) is 0. The largest absolute Gasteiger partial charge is 0.385 e. The van der Waals surface area contributed by atoms with Gasteiger partial charge < -0.3 is 4.74 Å². The predicted molar refractivity (Wildman–Crippen MR) is 38.2 cm³/mol. The fourth-order valence-electron chi connectivity index (χ4n) is 0. The van der Waals surface area contributed by atoms with Gasteiger partial charge in [-0.05, 0) is 6.92 Å². The maximum Gasteiger partial charge on any atom is 0.0433 e. The van der Waals surface area contributed by atoms with E-state index in [0.717, 1.165) is 6.61 Å². The Labute approximate surface area is 58.4 Å². The Morgan fingerprint density at radius 1 is 1.22 bits per heavy atom. The van der Waals surface area contributed by atoms with Crippen molar-refractivity contribution in [3.63, 3.8) is 0 Å². The first-order valence-corrected chi connectivity index (χ1v) is 2.18. The minimum absolute atomic E-state index is 0. The van der Waals surface area contributed by atoms with E-state index in [4.69, 9.17) is 0 Å². The van der Waals surface area contributed by atoms with E-state index in [1.54, 1.807) is 7.11 Å². The van der Waals surface area contributed by atoms with Gasteiger partial charge in [0.25, 0.3) is 0 Å². The number of hydrogen-bond acceptors (Lipinski definition) is 3. The molecule has 0 saturated carbocycles. The van der Waals surface area contributed by atoms with Crippen molar-refractivity contribution in [3.8, 4) is 0 Å². The van der Waals surface area contributed by atoms with Gasteiger partial charge in [0.15, 0.2) is 0 Å². The van der Waals surface area contributed by atoms with Crippen molar-refractivity contribution in [3.05, 3.63) is 0 Å². The Morgan fingerprint density at radius 3 is 1.33 bits per heavy atom. The van der Waals surface area contributed by atoms with Crippen molar-refractivity contribution in [2.45, 2.75) is 6.92 Å². The van der Waals surface area contributed by atoms with E-state index < -0.39 is 0 Å². The number of halogens is 3. The number of methoxy groups -OCH3 is 1. The van der Waals surface area contributed by atoms with Gasteiger partial charge in [0.1, 0.15) is 0 Å². The van der Waals surface area contributed by atoms with Crippen molar-refractivity contribution < 1.29 is 18.9 Å². The van der Waals surface area contributed by atoms with E-state index in [1.807, 2.05) is 6.92 Å². The molecule has 0 fully saturated rings. The van der Waals surface area contributed by atoms with Gasteiger partial charge in [0, 0.05) is 13.7 Å². The summed E-state index contributed by atoms with van der Waals surface area (Å²) < 4.78 is 4.54. The molecule has 0 amide bonds. The predicted octanol–water partition coefficient (Wildman–Crippen LogP) is 0.900. The molecule has 2 N–H and O–H groups in total. The number of rotatable bonds is 1. The molecule has 0 rings (SSSR count). The monoisotopic (exact) mass is 169 g/mol. The van der Waals surface area contributed by atoms with Crippen molar-refractivity contribution >= 4 is 12.8 Å². The van der Waals surface area contributed by atoms with Gasteiger partial charge in [-0.3, -0.25) is 19.3 Å². The summed E-state index contributed by atoms with van der Waals surface area (Å²) in [4.78, 5) is 0. The van der Waals surface area contributed by atoms with Gasteiger partial charge in [-0.1, -0.05) is 0 Å². The summed E-state index contributed by atoms with van der Waals surface area (Å²) in [6.07, 6.45) is 0. The first-order valence-electron chi connectivity index (χ1n) is 1.66. The van der Waals surface area contributed by atoms with E-state index in [1.165, 1.54) is 0 Å². The minimum Gasteiger partial charge on any atom is -0.385 e. The third-order valence-corrected chi connectivity index (χ3v) is 0.289. The first-order chi connectivity index (χ1) is 2.91. The standard InChI is InChI=1S/C3H8O.3FH.H3NS/c1-3-4-2;;;;1-2/h3H2,1-2H3;3*1H;2H,1H2. The van der Waals surface area contributed by atoms with Gasteiger partial charge >= 0.3 is 0 Å². The van der Waals surface area contributed by atoms with E-state index in [-0.39, 0.29) is 14.1 Å². The summed E-state index contributed by atoms with van der Waals surface area (Å²) in [5.74, 6) is 0. The maximum absolute atomic E-state index is 4.54. The Morgan fingerprint density at radius 2 is 1.33 bits per heavy atom. The van der Waals surface area contributed by atoms with Crippen LogP contribution in [0.3, 0.4) is 0 Å². The summed E-state index contributed by atoms with van der Waals surface area (Å²) in [7, 11) is 1.68. The second-order valence-electron chi connectivity index (χ2n) is 0.577. The molecular formula is C3H14F3NOS. The van der Waals surface area contributed by atoms with Crippen molar-refractivity contribution in [2.75, 3.05) is 13.7 Å². The topological polar surface area (TPSA) is 35.2 Å². The molecule has 0 aromatic heterocycles. The lowest BCUT2D eigenvalue weighted by Crippen LogP contribution is -1.73. The van der Waals surface area contributed by atoms with Crippen LogP contribution in [0.25, 0.3) is 0 Å². The summed E-state index contributed by atoms with van der Waals surface area (Å²) in [6.45, 7) is 2.78. The number of hydrogen-bond donors (Lipinski definition) is 2. The molecule has 0 aliphatic carbocycles. The second kappa shape index (κ2) is 94.7. The van der Waals surface area contributed by atoms with Gasteiger partial charge in [-0.25, -0.2) is 0 Å². The van der Waals surface area contributed by atoms with E-state index in [0.29, 0.717) is 0 Å². The quantitative estimate of drug-likeness (QED) is 0.572. The Hall–Kier alpha value is 0.0600. The zero-order valence-electron chi connectivity index (χ0n) is 5.36. The molecule has 64 valence electrons. The highest BCUT2D eigenvalue weighted by atomic mass is 32.1. The molecule has 0 aromatic carbocycles. The van der Waals surface area contributed by atoms with E-state index in [2.05, 4.69) is 22.7 Å². The molecule has 2 nitrogen and oxygen atoms in total. The smallest absolute Gasteiger partial charge is 0.0433 e. The molecule has 0 aromatic rings. The van der Waals surface area contributed by atoms with Crippen molar-refractivity contribution in [2.24, 2.45) is 5.14 Å². The Balaban J connectivity index is -0.00000000990. The molecule has 0 radical (unpaired) electrons. The van der Waals surface area contributed by atoms with Crippen LogP contribution in [-0.2, 0) is 4.74 Å². The number of thiol groups is 1. The number of nitrogens with two attached hydrogens (primary N) is 1. The molecule has 0 bridgehead atoms. The van der Waals surface area contributed by atoms with Crippen molar-refractivity contribution in [1.29, 1.82) is 0 Å². The van der Waals surface area contributed by atoms with Gasteiger partial charge in [0.05, 0.1) is 0 Å². The first kappa shape index (κ1) is 35.7. The second-order valence-corrected chi connectivity index (χ2v) is 0.577. The zero-order valence-corrected chi connectivity index (χ0v) is 6.26. The molecule has 9 heavy (non-hydrogen) atoms. The highest BCUT2D eigenvalue weighted by Gasteiger charge is 1.51. The summed E-state index contributed by atoms with van der Waals surface area (Å²) in [5.41, 5.74) is 0. The van der Waals surface area contributed by atoms with Crippen LogP contribution >= 0.6 is 12.8 Å². The van der Waals surface area contributed by atoms with Crippen LogP contribution in [0.4, 0.5) is 14.1 Å². The molecule has 0 aliphatic rings. The van der Waals surface area contributed by atoms with Gasteiger partial charge in [-0.15, -0.1) is 12.8 Å². The van der Waals surface area contributed by atoms with Gasteiger partial charge in [-0.2, -0.15) is 0 Å². The average Bonchev–Trinajstić information content (AvgIpc) is 1.72. The Bertz CT molecular complexity index is 21.0. The summed E-state index contributed by atoms with van der Waals surface area (Å²) >= 11 is 3.03. The third-order valence-electron chi connectivity index (χ3n) is 0.289. The molecule has 0 heterocycles. The van der Waals surface area contributed by atoms with Crippen LogP contribution in [-0.4, -0.2) is 13.7 Å². The molecule has 0 spiro atoms. The van der Waals surface area contributed by atoms with Crippen LogP contribution in [0.5, 0.6) is 0 Å². The molecule has 0 saturated heterocycles. The van der Waals surface area contributed by atoms with Crippen molar-refractivity contribution in [1.82, 2.24) is 0 Å². The van der Waals surface area contributed by atoms with Crippen LogP contribution in [0.2, 0.25) is 0 Å². The average molecular weight is 169 g/mol. The lowest BCUT2D eigenvalue weighted by atomic mass is 10.9. The molecule has 0 aliphatic heterocycles. The van der Waals surface area contributed by atoms with Gasteiger partial charge in [0.2, 0.25) is 0 Å². The SMILES string of the molecule is CCOC.F.F.F.NS. The Kier molecular flexibility index (Phi) is 376.